The molecule has 1 amide bonds. The summed E-state index contributed by atoms with van der Waals surface area (Å²) in [6.07, 6.45) is -3.72. The summed E-state index contributed by atoms with van der Waals surface area (Å²) in [5.74, 6) is -1.58. The van der Waals surface area contributed by atoms with Gasteiger partial charge < -0.3 is 10.1 Å². The molecular formula is C25H16Cl2F3N3O4. The van der Waals surface area contributed by atoms with Crippen molar-refractivity contribution < 1.29 is 27.6 Å². The minimum Gasteiger partial charge on any atom is -0.448 e. The molecule has 0 saturated carbocycles. The number of hydrogen-bond acceptors (Lipinski definition) is 5. The van der Waals surface area contributed by atoms with Crippen molar-refractivity contribution in [2.45, 2.75) is 20.0 Å². The number of alkyl halides is 3. The maximum atomic E-state index is 13.0. The first-order valence-electron chi connectivity index (χ1n) is 10.3. The molecule has 3 aromatic carbocycles. The molecule has 0 aliphatic carbocycles. The quantitative estimate of drug-likeness (QED) is 0.146. The molecule has 3 aromatic rings. The lowest BCUT2D eigenvalue weighted by Crippen LogP contribution is -2.14. The molecule has 0 fully saturated rings. The van der Waals surface area contributed by atoms with Crippen LogP contribution in [0.2, 0.25) is 10.0 Å². The van der Waals surface area contributed by atoms with E-state index in [1.165, 1.54) is 12.1 Å². The van der Waals surface area contributed by atoms with Crippen LogP contribution in [0.3, 0.4) is 0 Å². The first kappa shape index (κ1) is 27.5. The highest BCUT2D eigenvalue weighted by molar-refractivity contribution is 6.36. The molecule has 0 aromatic heterocycles. The third-order valence-corrected chi connectivity index (χ3v) is 5.53. The Morgan fingerprint density at radius 2 is 1.84 bits per heavy atom. The smallest absolute Gasteiger partial charge is 0.416 e. The van der Waals surface area contributed by atoms with Crippen LogP contribution in [0.25, 0.3) is 6.08 Å². The second kappa shape index (κ2) is 10.9. The van der Waals surface area contributed by atoms with Gasteiger partial charge in [0.05, 0.1) is 15.5 Å². The van der Waals surface area contributed by atoms with Gasteiger partial charge in [-0.1, -0.05) is 40.9 Å². The monoisotopic (exact) mass is 549 g/mol. The highest BCUT2D eigenvalue weighted by Crippen LogP contribution is 2.42. The van der Waals surface area contributed by atoms with Gasteiger partial charge in [0.1, 0.15) is 11.6 Å². The Balaban J connectivity index is 2.05. The number of rotatable bonds is 6. The topological polar surface area (TPSA) is 105 Å². The van der Waals surface area contributed by atoms with Gasteiger partial charge in [0.2, 0.25) is 5.75 Å². The van der Waals surface area contributed by atoms with Crippen LogP contribution in [-0.2, 0) is 11.0 Å². The number of amides is 1. The van der Waals surface area contributed by atoms with Crippen LogP contribution in [0.15, 0.2) is 54.1 Å². The fourth-order valence-electron chi connectivity index (χ4n) is 3.28. The molecule has 0 aliphatic rings. The highest BCUT2D eigenvalue weighted by Gasteiger charge is 2.33. The van der Waals surface area contributed by atoms with Gasteiger partial charge in [-0.2, -0.15) is 18.4 Å². The van der Waals surface area contributed by atoms with Crippen LogP contribution >= 0.6 is 23.2 Å². The number of halogens is 5. The number of anilines is 1. The number of nitro benzene ring substituents is 1. The van der Waals surface area contributed by atoms with Gasteiger partial charge in [-0.3, -0.25) is 14.9 Å². The van der Waals surface area contributed by atoms with E-state index in [9.17, 15) is 33.3 Å². The normalized spacial score (nSPS) is 11.6. The van der Waals surface area contributed by atoms with Crippen LogP contribution in [0.4, 0.5) is 24.5 Å². The van der Waals surface area contributed by atoms with Crippen LogP contribution in [0, 0.1) is 35.3 Å². The maximum absolute atomic E-state index is 13.0. The summed E-state index contributed by atoms with van der Waals surface area (Å²) in [6.45, 7) is 3.66. The molecule has 0 atom stereocenters. The van der Waals surface area contributed by atoms with E-state index in [2.05, 4.69) is 5.32 Å². The molecule has 0 heterocycles. The number of nitro groups is 1. The van der Waals surface area contributed by atoms with Crippen molar-refractivity contribution in [2.75, 3.05) is 5.32 Å². The van der Waals surface area contributed by atoms with Crippen molar-refractivity contribution in [1.29, 1.82) is 5.26 Å². The molecule has 0 aliphatic heterocycles. The summed E-state index contributed by atoms with van der Waals surface area (Å²) in [5.41, 5.74) is -0.413. The lowest BCUT2D eigenvalue weighted by Gasteiger charge is -2.14. The second-order valence-corrected chi connectivity index (χ2v) is 8.63. The molecule has 0 spiro atoms. The SMILES string of the molecule is Cc1ccc(NC(=O)/C(C#N)=C/c2cc(Cl)cc(Cl)c2Oc2ccc(C(F)(F)F)cc2[N+](=O)[O-])c(C)c1. The number of nitrogens with zero attached hydrogens (tertiary/aromatic N) is 2. The van der Waals surface area contributed by atoms with Crippen LogP contribution in [0.5, 0.6) is 11.5 Å². The fraction of sp³-hybridized carbons (Fsp3) is 0.120. The molecule has 1 N–H and O–H groups in total. The number of aryl methyl sites for hydroxylation is 2. The van der Waals surface area contributed by atoms with E-state index < -0.39 is 34.0 Å². The van der Waals surface area contributed by atoms with Gasteiger partial charge >= 0.3 is 11.9 Å². The Morgan fingerprint density at radius 3 is 2.43 bits per heavy atom. The number of nitriles is 1. The molecule has 0 bridgehead atoms. The lowest BCUT2D eigenvalue weighted by molar-refractivity contribution is -0.385. The van der Waals surface area contributed by atoms with Crippen LogP contribution in [0.1, 0.15) is 22.3 Å². The van der Waals surface area contributed by atoms with Crippen molar-refractivity contribution in [3.8, 4) is 17.6 Å². The third-order valence-electron chi connectivity index (χ3n) is 5.03. The summed E-state index contributed by atoms with van der Waals surface area (Å²) in [5, 5.41) is 23.6. The van der Waals surface area contributed by atoms with E-state index >= 15 is 0 Å². The van der Waals surface area contributed by atoms with Gasteiger partial charge in [0.25, 0.3) is 5.91 Å². The van der Waals surface area contributed by atoms with Crippen molar-refractivity contribution in [3.05, 3.63) is 96.5 Å². The molecular weight excluding hydrogens is 534 g/mol. The standard InChI is InChI=1S/C25H16Cl2F3N3O4/c1-13-3-5-20(14(2)7-13)32-24(34)16(12-31)8-15-9-18(26)11-19(27)23(15)37-22-6-4-17(25(28,29)30)10-21(22)33(35)36/h3-11H,1-2H3,(H,32,34)/b16-8+. The predicted molar refractivity (Wildman–Crippen MR) is 133 cm³/mol. The van der Waals surface area contributed by atoms with E-state index in [0.717, 1.165) is 23.3 Å². The van der Waals surface area contributed by atoms with Crippen LogP contribution < -0.4 is 10.1 Å². The minimum absolute atomic E-state index is 0.0148. The Kier molecular flexibility index (Phi) is 8.11. The highest BCUT2D eigenvalue weighted by atomic mass is 35.5. The molecule has 7 nitrogen and oxygen atoms in total. The van der Waals surface area contributed by atoms with Gasteiger partial charge in [0.15, 0.2) is 5.75 Å². The van der Waals surface area contributed by atoms with E-state index in [1.54, 1.807) is 25.1 Å². The Labute approximate surface area is 218 Å². The first-order chi connectivity index (χ1) is 17.3. The average Bonchev–Trinajstić information content (AvgIpc) is 2.80. The van der Waals surface area contributed by atoms with E-state index in [4.69, 9.17) is 27.9 Å². The zero-order chi connectivity index (χ0) is 27.5. The van der Waals surface area contributed by atoms with Crippen molar-refractivity contribution in [1.82, 2.24) is 0 Å². The van der Waals surface area contributed by atoms with E-state index in [1.807, 2.05) is 13.0 Å². The number of carbonyl (C=O) groups is 1. The summed E-state index contributed by atoms with van der Waals surface area (Å²) < 4.78 is 44.7. The molecule has 0 radical (unpaired) electrons. The van der Waals surface area contributed by atoms with Gasteiger partial charge in [-0.15, -0.1) is 0 Å². The number of carbonyl (C=O) groups excluding carboxylic acids is 1. The van der Waals surface area contributed by atoms with Crippen molar-refractivity contribution in [3.63, 3.8) is 0 Å². The summed E-state index contributed by atoms with van der Waals surface area (Å²) in [7, 11) is 0. The van der Waals surface area contributed by atoms with Gasteiger partial charge in [-0.25, -0.2) is 0 Å². The van der Waals surface area contributed by atoms with Crippen LogP contribution in [-0.4, -0.2) is 10.8 Å². The summed E-state index contributed by atoms with van der Waals surface area (Å²) in [4.78, 5) is 23.2. The van der Waals surface area contributed by atoms with E-state index in [-0.39, 0.29) is 26.9 Å². The zero-order valence-electron chi connectivity index (χ0n) is 19.1. The molecule has 0 unspecified atom stereocenters. The maximum Gasteiger partial charge on any atom is 0.416 e. The summed E-state index contributed by atoms with van der Waals surface area (Å²) in [6, 6.07) is 11.3. The molecule has 12 heteroatoms. The number of hydrogen-bond donors (Lipinski definition) is 1. The lowest BCUT2D eigenvalue weighted by atomic mass is 10.1. The third kappa shape index (κ3) is 6.58. The van der Waals surface area contributed by atoms with Crippen molar-refractivity contribution >= 4 is 46.6 Å². The Hall–Kier alpha value is -4.07. The zero-order valence-corrected chi connectivity index (χ0v) is 20.6. The average molecular weight is 550 g/mol. The molecule has 190 valence electrons. The van der Waals surface area contributed by atoms with Crippen molar-refractivity contribution in [2.24, 2.45) is 0 Å². The second-order valence-electron chi connectivity index (χ2n) is 7.79. The number of nitrogens with one attached hydrogen (secondary N) is 1. The Bertz CT molecular complexity index is 1480. The minimum atomic E-state index is -4.82. The van der Waals surface area contributed by atoms with Gasteiger partial charge in [-0.05, 0) is 55.8 Å². The first-order valence-corrected chi connectivity index (χ1v) is 11.1. The van der Waals surface area contributed by atoms with Gasteiger partial charge in [0, 0.05) is 22.3 Å². The molecule has 37 heavy (non-hydrogen) atoms. The Morgan fingerprint density at radius 1 is 1.14 bits per heavy atom. The molecule has 0 saturated heterocycles. The fourth-order valence-corrected chi connectivity index (χ4v) is 3.82. The number of benzene rings is 3. The largest absolute Gasteiger partial charge is 0.448 e. The summed E-state index contributed by atoms with van der Waals surface area (Å²) >= 11 is 12.3. The predicted octanol–water partition coefficient (Wildman–Crippen LogP) is 7.88. The van der Waals surface area contributed by atoms with E-state index in [0.29, 0.717) is 17.8 Å². The molecule has 3 rings (SSSR count). The number of ether oxygens (including phenoxy) is 1.